The van der Waals surface area contributed by atoms with Crippen LogP contribution in [0.25, 0.3) is 16.9 Å². The topological polar surface area (TPSA) is 94.1 Å². The molecule has 0 aliphatic carbocycles. The van der Waals surface area contributed by atoms with Crippen LogP contribution in [0.15, 0.2) is 53.6 Å². The summed E-state index contributed by atoms with van der Waals surface area (Å²) in [6.45, 7) is 3.29. The molecule has 0 amide bonds. The van der Waals surface area contributed by atoms with E-state index in [1.807, 2.05) is 31.2 Å². The van der Waals surface area contributed by atoms with Crippen molar-refractivity contribution in [3.8, 4) is 11.3 Å². The Morgan fingerprint density at radius 1 is 1.03 bits per heavy atom. The van der Waals surface area contributed by atoms with Gasteiger partial charge in [0.05, 0.1) is 18.3 Å². The van der Waals surface area contributed by atoms with Crippen molar-refractivity contribution in [2.24, 2.45) is 0 Å². The van der Waals surface area contributed by atoms with E-state index in [9.17, 15) is 4.79 Å². The summed E-state index contributed by atoms with van der Waals surface area (Å²) in [7, 11) is 0. The number of aromatic nitrogens is 7. The Balaban J connectivity index is 1.45. The van der Waals surface area contributed by atoms with E-state index in [2.05, 4.69) is 25.2 Å². The maximum atomic E-state index is 12.5. The first-order valence-corrected chi connectivity index (χ1v) is 9.63. The zero-order valence-electron chi connectivity index (χ0n) is 16.0. The molecule has 1 aliphatic heterocycles. The molecule has 1 aliphatic rings. The Bertz CT molecular complexity index is 1220. The largest absolute Gasteiger partial charge is 0.350 e. The van der Waals surface area contributed by atoms with Gasteiger partial charge in [-0.15, -0.1) is 15.3 Å². The van der Waals surface area contributed by atoms with Crippen LogP contribution in [0.5, 0.6) is 0 Å². The van der Waals surface area contributed by atoms with Crippen molar-refractivity contribution < 1.29 is 0 Å². The molecule has 0 aromatic carbocycles. The highest BCUT2D eigenvalue weighted by atomic mass is 16.1. The van der Waals surface area contributed by atoms with Gasteiger partial charge in [-0.05, 0) is 50.1 Å². The van der Waals surface area contributed by atoms with Gasteiger partial charge in [-0.2, -0.15) is 9.61 Å². The maximum Gasteiger partial charge on any atom is 0.266 e. The van der Waals surface area contributed by atoms with E-state index in [1.54, 1.807) is 33.7 Å². The van der Waals surface area contributed by atoms with E-state index in [0.717, 1.165) is 47.9 Å². The molecule has 9 nitrogen and oxygen atoms in total. The van der Waals surface area contributed by atoms with Crippen LogP contribution in [0.4, 0.5) is 5.82 Å². The summed E-state index contributed by atoms with van der Waals surface area (Å²) in [5.41, 5.74) is 2.32. The minimum Gasteiger partial charge on any atom is -0.350 e. The fourth-order valence-corrected chi connectivity index (χ4v) is 3.82. The molecule has 0 N–H and O–H groups in total. The standard InChI is InChI=1S/C20H20N8O/c1-14-22-23-18-5-6-19(25-28(14)18)26-12-2-3-16(26)13-27-20(29)7-4-17(24-27)15-8-10-21-11-9-15/h4-11,16H,2-3,12-13H2,1H3. The molecule has 5 rings (SSSR count). The highest BCUT2D eigenvalue weighted by Gasteiger charge is 2.27. The Labute approximate surface area is 166 Å². The molecule has 0 radical (unpaired) electrons. The highest BCUT2D eigenvalue weighted by molar-refractivity contribution is 5.57. The van der Waals surface area contributed by atoms with Crippen molar-refractivity contribution in [1.82, 2.24) is 34.6 Å². The second kappa shape index (κ2) is 7.08. The quantitative estimate of drug-likeness (QED) is 0.525. The zero-order valence-corrected chi connectivity index (χ0v) is 16.0. The first-order valence-electron chi connectivity index (χ1n) is 9.63. The van der Waals surface area contributed by atoms with Crippen LogP contribution in [0.3, 0.4) is 0 Å². The number of nitrogens with zero attached hydrogens (tertiary/aromatic N) is 8. The summed E-state index contributed by atoms with van der Waals surface area (Å²) in [5.74, 6) is 1.61. The van der Waals surface area contributed by atoms with Crippen molar-refractivity contribution in [3.63, 3.8) is 0 Å². The molecular weight excluding hydrogens is 368 g/mol. The maximum absolute atomic E-state index is 12.5. The monoisotopic (exact) mass is 388 g/mol. The summed E-state index contributed by atoms with van der Waals surface area (Å²) < 4.78 is 3.31. The van der Waals surface area contributed by atoms with Crippen LogP contribution in [-0.4, -0.2) is 47.2 Å². The second-order valence-corrected chi connectivity index (χ2v) is 7.17. The summed E-state index contributed by atoms with van der Waals surface area (Å²) in [4.78, 5) is 18.7. The fraction of sp³-hybridized carbons (Fsp3) is 0.300. The Morgan fingerprint density at radius 2 is 1.90 bits per heavy atom. The van der Waals surface area contributed by atoms with Gasteiger partial charge >= 0.3 is 0 Å². The first-order chi connectivity index (χ1) is 14.2. The Hall–Kier alpha value is -3.62. The smallest absolute Gasteiger partial charge is 0.266 e. The van der Waals surface area contributed by atoms with Gasteiger partial charge in [0.2, 0.25) is 0 Å². The molecule has 0 bridgehead atoms. The van der Waals surface area contributed by atoms with Gasteiger partial charge in [0, 0.05) is 30.6 Å². The first kappa shape index (κ1) is 17.5. The molecule has 9 heteroatoms. The summed E-state index contributed by atoms with van der Waals surface area (Å²) in [6, 6.07) is 11.1. The van der Waals surface area contributed by atoms with Gasteiger partial charge in [0.1, 0.15) is 5.82 Å². The third-order valence-electron chi connectivity index (χ3n) is 5.30. The molecule has 146 valence electrons. The molecule has 5 heterocycles. The van der Waals surface area contributed by atoms with Crippen molar-refractivity contribution in [1.29, 1.82) is 0 Å². The van der Waals surface area contributed by atoms with Crippen LogP contribution >= 0.6 is 0 Å². The lowest BCUT2D eigenvalue weighted by atomic mass is 10.2. The lowest BCUT2D eigenvalue weighted by Crippen LogP contribution is -2.37. The molecule has 4 aromatic rings. The lowest BCUT2D eigenvalue weighted by molar-refractivity contribution is 0.487. The number of fused-ring (bicyclic) bond motifs is 1. The molecule has 1 atom stereocenters. The Kier molecular flexibility index (Phi) is 4.27. The van der Waals surface area contributed by atoms with Crippen LogP contribution in [0, 0.1) is 6.92 Å². The third-order valence-corrected chi connectivity index (χ3v) is 5.30. The van der Waals surface area contributed by atoms with E-state index in [-0.39, 0.29) is 11.6 Å². The predicted molar refractivity (Wildman–Crippen MR) is 108 cm³/mol. The molecule has 1 unspecified atom stereocenters. The summed E-state index contributed by atoms with van der Waals surface area (Å²) in [6.07, 6.45) is 5.47. The van der Waals surface area contributed by atoms with Gasteiger partial charge in [0.15, 0.2) is 11.5 Å². The van der Waals surface area contributed by atoms with E-state index in [4.69, 9.17) is 5.10 Å². The van der Waals surface area contributed by atoms with Crippen molar-refractivity contribution >= 4 is 11.5 Å². The molecule has 0 saturated carbocycles. The van der Waals surface area contributed by atoms with Gasteiger partial charge in [-0.25, -0.2) is 4.68 Å². The van der Waals surface area contributed by atoms with Crippen molar-refractivity contribution in [2.75, 3.05) is 11.4 Å². The minimum absolute atomic E-state index is 0.104. The van der Waals surface area contributed by atoms with Gasteiger partial charge in [0.25, 0.3) is 5.56 Å². The second-order valence-electron chi connectivity index (χ2n) is 7.17. The molecule has 0 spiro atoms. The number of anilines is 1. The molecule has 1 fully saturated rings. The molecule has 1 saturated heterocycles. The molecule has 4 aromatic heterocycles. The van der Waals surface area contributed by atoms with Crippen LogP contribution in [-0.2, 0) is 6.54 Å². The van der Waals surface area contributed by atoms with Gasteiger partial charge in [-0.1, -0.05) is 0 Å². The van der Waals surface area contributed by atoms with E-state index in [0.29, 0.717) is 6.54 Å². The molecular formula is C20H20N8O. The van der Waals surface area contributed by atoms with Crippen LogP contribution in [0.2, 0.25) is 0 Å². The van der Waals surface area contributed by atoms with E-state index < -0.39 is 0 Å². The van der Waals surface area contributed by atoms with E-state index >= 15 is 0 Å². The van der Waals surface area contributed by atoms with Crippen molar-refractivity contribution in [2.45, 2.75) is 32.4 Å². The van der Waals surface area contributed by atoms with E-state index in [1.165, 1.54) is 0 Å². The van der Waals surface area contributed by atoms with Gasteiger partial charge < -0.3 is 4.90 Å². The number of rotatable bonds is 4. The Morgan fingerprint density at radius 3 is 2.76 bits per heavy atom. The average Bonchev–Trinajstić information content (AvgIpc) is 3.37. The summed E-state index contributed by atoms with van der Waals surface area (Å²) >= 11 is 0. The average molecular weight is 388 g/mol. The third kappa shape index (κ3) is 3.24. The zero-order chi connectivity index (χ0) is 19.8. The van der Waals surface area contributed by atoms with Crippen LogP contribution < -0.4 is 10.5 Å². The fourth-order valence-electron chi connectivity index (χ4n) is 3.82. The summed E-state index contributed by atoms with van der Waals surface area (Å²) in [5, 5.41) is 17.5. The number of aryl methyl sites for hydroxylation is 1. The highest BCUT2D eigenvalue weighted by Crippen LogP contribution is 2.25. The normalized spacial score (nSPS) is 16.6. The SMILES string of the molecule is Cc1nnc2ccc(N3CCCC3Cn3nc(-c4ccncc4)ccc3=O)nn12. The van der Waals surface area contributed by atoms with Gasteiger partial charge in [-0.3, -0.25) is 9.78 Å². The number of hydrogen-bond donors (Lipinski definition) is 0. The number of pyridine rings is 1. The molecule has 29 heavy (non-hydrogen) atoms. The van der Waals surface area contributed by atoms with Crippen molar-refractivity contribution in [3.05, 3.63) is 65.0 Å². The van der Waals surface area contributed by atoms with Crippen LogP contribution in [0.1, 0.15) is 18.7 Å². The number of hydrogen-bond acceptors (Lipinski definition) is 7. The lowest BCUT2D eigenvalue weighted by Gasteiger charge is -2.25. The minimum atomic E-state index is -0.104. The predicted octanol–water partition coefficient (Wildman–Crippen LogP) is 1.72.